The van der Waals surface area contributed by atoms with Gasteiger partial charge in [-0.2, -0.15) is 0 Å². The average molecular weight is 228 g/mol. The van der Waals surface area contributed by atoms with Gasteiger partial charge in [-0.25, -0.2) is 4.98 Å². The van der Waals surface area contributed by atoms with Gasteiger partial charge in [-0.15, -0.1) is 0 Å². The van der Waals surface area contributed by atoms with Gasteiger partial charge < -0.3 is 16.0 Å². The summed E-state index contributed by atoms with van der Waals surface area (Å²) in [7, 11) is 0. The lowest BCUT2D eigenvalue weighted by Gasteiger charge is -2.13. The lowest BCUT2D eigenvalue weighted by molar-refractivity contribution is -0.119. The Morgan fingerprint density at radius 3 is 3.13 bits per heavy atom. The summed E-state index contributed by atoms with van der Waals surface area (Å²) in [5, 5.41) is 3.90. The molecule has 6 heteroatoms. The van der Waals surface area contributed by atoms with Gasteiger partial charge in [-0.05, 0) is 13.0 Å². The molecule has 5 nitrogen and oxygen atoms in total. The summed E-state index contributed by atoms with van der Waals surface area (Å²) in [5.74, 6) is 0.283. The SMILES string of the molecule is CCCNC(CSc1ncc[nH]1)C(N)=O. The molecule has 0 saturated heterocycles. The number of nitrogens with zero attached hydrogens (tertiary/aromatic N) is 1. The Kier molecular flexibility index (Phi) is 5.20. The third kappa shape index (κ3) is 4.35. The minimum Gasteiger partial charge on any atom is -0.368 e. The molecule has 15 heavy (non-hydrogen) atoms. The average Bonchev–Trinajstić information content (AvgIpc) is 2.70. The number of imidazole rings is 1. The number of hydrogen-bond acceptors (Lipinski definition) is 4. The number of primary amides is 1. The fourth-order valence-electron chi connectivity index (χ4n) is 1.05. The van der Waals surface area contributed by atoms with Crippen LogP contribution in [0.3, 0.4) is 0 Å². The summed E-state index contributed by atoms with van der Waals surface area (Å²) in [4.78, 5) is 18.1. The standard InChI is InChI=1S/C9H16N4OS/c1-2-3-11-7(8(10)14)6-15-9-12-4-5-13-9/h4-5,7,11H,2-3,6H2,1H3,(H2,10,14)(H,12,13). The minimum absolute atomic E-state index is 0.292. The molecule has 0 radical (unpaired) electrons. The minimum atomic E-state index is -0.317. The first-order valence-corrected chi connectivity index (χ1v) is 5.87. The second-order valence-electron chi connectivity index (χ2n) is 3.11. The second-order valence-corrected chi connectivity index (χ2v) is 4.12. The summed E-state index contributed by atoms with van der Waals surface area (Å²) < 4.78 is 0. The summed E-state index contributed by atoms with van der Waals surface area (Å²) >= 11 is 1.48. The molecule has 84 valence electrons. The van der Waals surface area contributed by atoms with Gasteiger partial charge in [0.05, 0.1) is 6.04 Å². The first-order valence-electron chi connectivity index (χ1n) is 4.89. The number of nitrogens with one attached hydrogen (secondary N) is 2. The van der Waals surface area contributed by atoms with E-state index in [1.165, 1.54) is 11.8 Å². The molecule has 1 rings (SSSR count). The van der Waals surface area contributed by atoms with Crippen LogP contribution in [0, 0.1) is 0 Å². The fraction of sp³-hybridized carbons (Fsp3) is 0.556. The molecular formula is C9H16N4OS. The maximum absolute atomic E-state index is 11.1. The monoisotopic (exact) mass is 228 g/mol. The molecule has 1 heterocycles. The zero-order chi connectivity index (χ0) is 11.1. The molecule has 0 aliphatic heterocycles. The smallest absolute Gasteiger partial charge is 0.235 e. The van der Waals surface area contributed by atoms with E-state index in [2.05, 4.69) is 15.3 Å². The van der Waals surface area contributed by atoms with Crippen LogP contribution in [0.25, 0.3) is 0 Å². The highest BCUT2D eigenvalue weighted by Crippen LogP contribution is 2.12. The number of nitrogens with two attached hydrogens (primary N) is 1. The Morgan fingerprint density at radius 1 is 1.80 bits per heavy atom. The molecule has 1 unspecified atom stereocenters. The molecular weight excluding hydrogens is 212 g/mol. The van der Waals surface area contributed by atoms with Crippen molar-refractivity contribution in [3.8, 4) is 0 Å². The van der Waals surface area contributed by atoms with Crippen LogP contribution in [0.5, 0.6) is 0 Å². The predicted octanol–water partition coefficient (Wildman–Crippen LogP) is 0.355. The van der Waals surface area contributed by atoms with Crippen LogP contribution >= 0.6 is 11.8 Å². The van der Waals surface area contributed by atoms with Crippen molar-refractivity contribution in [3.63, 3.8) is 0 Å². The predicted molar refractivity (Wildman–Crippen MR) is 60.6 cm³/mol. The second kappa shape index (κ2) is 6.47. The number of amides is 1. The number of aromatic nitrogens is 2. The van der Waals surface area contributed by atoms with Crippen molar-refractivity contribution in [1.82, 2.24) is 15.3 Å². The van der Waals surface area contributed by atoms with Gasteiger partial charge in [0, 0.05) is 18.1 Å². The molecule has 1 atom stereocenters. The Labute approximate surface area is 93.2 Å². The molecule has 1 amide bonds. The van der Waals surface area contributed by atoms with Crippen LogP contribution in [0.2, 0.25) is 0 Å². The van der Waals surface area contributed by atoms with Crippen LogP contribution in [-0.4, -0.2) is 34.2 Å². The van der Waals surface area contributed by atoms with Gasteiger partial charge in [0.15, 0.2) is 5.16 Å². The highest BCUT2D eigenvalue weighted by molar-refractivity contribution is 7.99. The number of aromatic amines is 1. The van der Waals surface area contributed by atoms with E-state index < -0.39 is 0 Å². The summed E-state index contributed by atoms with van der Waals surface area (Å²) in [6, 6.07) is -0.292. The molecule has 0 bridgehead atoms. The molecule has 0 fully saturated rings. The Morgan fingerprint density at radius 2 is 2.60 bits per heavy atom. The quantitative estimate of drug-likeness (QED) is 0.588. The van der Waals surface area contributed by atoms with Crippen molar-refractivity contribution in [2.24, 2.45) is 5.73 Å². The number of H-pyrrole nitrogens is 1. The van der Waals surface area contributed by atoms with E-state index in [4.69, 9.17) is 5.73 Å². The lowest BCUT2D eigenvalue weighted by Crippen LogP contribution is -2.43. The normalized spacial score (nSPS) is 12.6. The summed E-state index contributed by atoms with van der Waals surface area (Å²) in [5.41, 5.74) is 5.27. The molecule has 0 aliphatic carbocycles. The molecule has 0 aromatic carbocycles. The van der Waals surface area contributed by atoms with Crippen LogP contribution < -0.4 is 11.1 Å². The molecule has 1 aromatic heterocycles. The van der Waals surface area contributed by atoms with Gasteiger partial charge in [-0.1, -0.05) is 18.7 Å². The van der Waals surface area contributed by atoms with Crippen LogP contribution in [0.1, 0.15) is 13.3 Å². The topological polar surface area (TPSA) is 83.8 Å². The van der Waals surface area contributed by atoms with Crippen molar-refractivity contribution in [3.05, 3.63) is 12.4 Å². The summed E-state index contributed by atoms with van der Waals surface area (Å²) in [6.07, 6.45) is 4.41. The van der Waals surface area contributed by atoms with E-state index in [1.807, 2.05) is 6.92 Å². The molecule has 0 aliphatic rings. The van der Waals surface area contributed by atoms with Crippen molar-refractivity contribution in [2.45, 2.75) is 24.5 Å². The molecule has 4 N–H and O–H groups in total. The Bertz CT molecular complexity index is 288. The zero-order valence-corrected chi connectivity index (χ0v) is 9.51. The summed E-state index contributed by atoms with van der Waals surface area (Å²) in [6.45, 7) is 2.84. The van der Waals surface area contributed by atoms with Gasteiger partial charge in [0.25, 0.3) is 0 Å². The first kappa shape index (κ1) is 12.1. The molecule has 0 spiro atoms. The van der Waals surface area contributed by atoms with E-state index in [-0.39, 0.29) is 11.9 Å². The van der Waals surface area contributed by atoms with Crippen molar-refractivity contribution in [2.75, 3.05) is 12.3 Å². The Balaban J connectivity index is 2.34. The third-order valence-corrected chi connectivity index (χ3v) is 2.84. The number of carbonyl (C=O) groups is 1. The molecule has 0 saturated carbocycles. The van der Waals surface area contributed by atoms with Gasteiger partial charge in [0.1, 0.15) is 0 Å². The molecule has 1 aromatic rings. The third-order valence-electron chi connectivity index (χ3n) is 1.84. The van der Waals surface area contributed by atoms with E-state index >= 15 is 0 Å². The highest BCUT2D eigenvalue weighted by atomic mass is 32.2. The van der Waals surface area contributed by atoms with Crippen LogP contribution in [0.15, 0.2) is 17.6 Å². The number of rotatable bonds is 7. The number of hydrogen-bond donors (Lipinski definition) is 3. The van der Waals surface area contributed by atoms with E-state index in [0.717, 1.165) is 18.1 Å². The lowest BCUT2D eigenvalue weighted by atomic mass is 10.3. The Hall–Kier alpha value is -1.01. The van der Waals surface area contributed by atoms with E-state index in [0.29, 0.717) is 5.75 Å². The number of thioether (sulfide) groups is 1. The highest BCUT2D eigenvalue weighted by Gasteiger charge is 2.14. The largest absolute Gasteiger partial charge is 0.368 e. The van der Waals surface area contributed by atoms with Crippen molar-refractivity contribution in [1.29, 1.82) is 0 Å². The zero-order valence-electron chi connectivity index (χ0n) is 8.69. The van der Waals surface area contributed by atoms with Gasteiger partial charge in [0.2, 0.25) is 5.91 Å². The van der Waals surface area contributed by atoms with Crippen molar-refractivity contribution >= 4 is 17.7 Å². The van der Waals surface area contributed by atoms with E-state index in [9.17, 15) is 4.79 Å². The maximum Gasteiger partial charge on any atom is 0.235 e. The van der Waals surface area contributed by atoms with Crippen LogP contribution in [-0.2, 0) is 4.79 Å². The first-order chi connectivity index (χ1) is 7.24. The van der Waals surface area contributed by atoms with Gasteiger partial charge in [-0.3, -0.25) is 4.79 Å². The maximum atomic E-state index is 11.1. The van der Waals surface area contributed by atoms with E-state index in [1.54, 1.807) is 12.4 Å². The number of carbonyl (C=O) groups excluding carboxylic acids is 1. The van der Waals surface area contributed by atoms with Crippen LogP contribution in [0.4, 0.5) is 0 Å². The fourth-order valence-corrected chi connectivity index (χ4v) is 1.95. The van der Waals surface area contributed by atoms with Crippen molar-refractivity contribution < 1.29 is 4.79 Å². The van der Waals surface area contributed by atoms with Gasteiger partial charge >= 0.3 is 0 Å².